The van der Waals surface area contributed by atoms with Crippen LogP contribution in [0.25, 0.3) is 0 Å². The van der Waals surface area contributed by atoms with Gasteiger partial charge < -0.3 is 14.6 Å². The SMILES string of the molecule is Cc1ccc(OCc2ccon2)c(C(=O)Nc2ccncc2)c1. The maximum Gasteiger partial charge on any atom is 0.259 e. The van der Waals surface area contributed by atoms with Crippen molar-refractivity contribution in [3.63, 3.8) is 0 Å². The van der Waals surface area contributed by atoms with E-state index in [2.05, 4.69) is 15.5 Å². The molecule has 0 radical (unpaired) electrons. The number of anilines is 1. The number of aromatic nitrogens is 2. The number of carbonyl (C=O) groups excluding carboxylic acids is 1. The summed E-state index contributed by atoms with van der Waals surface area (Å²) in [5, 5.41) is 6.61. The van der Waals surface area contributed by atoms with Gasteiger partial charge in [-0.05, 0) is 31.2 Å². The lowest BCUT2D eigenvalue weighted by atomic mass is 10.1. The average molecular weight is 309 g/mol. The molecule has 0 fully saturated rings. The Morgan fingerprint density at radius 2 is 2.04 bits per heavy atom. The molecule has 23 heavy (non-hydrogen) atoms. The Labute approximate surface area is 133 Å². The monoisotopic (exact) mass is 309 g/mol. The molecular weight excluding hydrogens is 294 g/mol. The van der Waals surface area contributed by atoms with Crippen molar-refractivity contribution < 1.29 is 14.1 Å². The van der Waals surface area contributed by atoms with Crippen LogP contribution in [-0.2, 0) is 6.61 Å². The fraction of sp³-hybridized carbons (Fsp3) is 0.118. The van der Waals surface area contributed by atoms with Gasteiger partial charge in [-0.15, -0.1) is 0 Å². The quantitative estimate of drug-likeness (QED) is 0.783. The zero-order chi connectivity index (χ0) is 16.1. The minimum atomic E-state index is -0.241. The second-order valence-corrected chi connectivity index (χ2v) is 4.97. The Kier molecular flexibility index (Phi) is 4.33. The molecule has 0 saturated carbocycles. The van der Waals surface area contributed by atoms with E-state index < -0.39 is 0 Å². The van der Waals surface area contributed by atoms with Crippen molar-refractivity contribution in [3.8, 4) is 5.75 Å². The Bertz CT molecular complexity index is 786. The second kappa shape index (κ2) is 6.74. The highest BCUT2D eigenvalue weighted by atomic mass is 16.5. The molecule has 0 saturated heterocycles. The Morgan fingerprint density at radius 3 is 2.78 bits per heavy atom. The number of hydrogen-bond acceptors (Lipinski definition) is 5. The first-order valence-corrected chi connectivity index (χ1v) is 7.06. The molecule has 0 aliphatic carbocycles. The van der Waals surface area contributed by atoms with Crippen LogP contribution < -0.4 is 10.1 Å². The molecule has 0 spiro atoms. The highest BCUT2D eigenvalue weighted by Gasteiger charge is 2.14. The van der Waals surface area contributed by atoms with Gasteiger partial charge in [-0.3, -0.25) is 9.78 Å². The van der Waals surface area contributed by atoms with Crippen LogP contribution in [0, 0.1) is 6.92 Å². The summed E-state index contributed by atoms with van der Waals surface area (Å²) in [6.45, 7) is 2.15. The Hall–Kier alpha value is -3.15. The summed E-state index contributed by atoms with van der Waals surface area (Å²) in [6.07, 6.45) is 4.71. The molecule has 116 valence electrons. The molecule has 6 heteroatoms. The number of ether oxygens (including phenoxy) is 1. The van der Waals surface area contributed by atoms with Gasteiger partial charge in [0.2, 0.25) is 0 Å². The van der Waals surface area contributed by atoms with E-state index in [1.165, 1.54) is 6.26 Å². The first-order valence-electron chi connectivity index (χ1n) is 7.06. The van der Waals surface area contributed by atoms with E-state index in [1.807, 2.05) is 13.0 Å². The van der Waals surface area contributed by atoms with Gasteiger partial charge in [0.15, 0.2) is 0 Å². The lowest BCUT2D eigenvalue weighted by molar-refractivity contribution is 0.102. The number of nitrogens with one attached hydrogen (secondary N) is 1. The zero-order valence-electron chi connectivity index (χ0n) is 12.5. The predicted molar refractivity (Wildman–Crippen MR) is 84.2 cm³/mol. The van der Waals surface area contributed by atoms with Gasteiger partial charge in [-0.1, -0.05) is 16.8 Å². The summed E-state index contributed by atoms with van der Waals surface area (Å²) in [5.41, 5.74) is 2.77. The van der Waals surface area contributed by atoms with E-state index in [1.54, 1.807) is 42.7 Å². The maximum absolute atomic E-state index is 12.5. The third-order valence-electron chi connectivity index (χ3n) is 3.18. The van der Waals surface area contributed by atoms with Gasteiger partial charge in [0.05, 0.1) is 5.56 Å². The van der Waals surface area contributed by atoms with Crippen LogP contribution in [0.3, 0.4) is 0 Å². The number of nitrogens with zero attached hydrogens (tertiary/aromatic N) is 2. The second-order valence-electron chi connectivity index (χ2n) is 4.97. The van der Waals surface area contributed by atoms with Gasteiger partial charge in [0, 0.05) is 24.1 Å². The van der Waals surface area contributed by atoms with Crippen LogP contribution in [0.15, 0.2) is 59.6 Å². The molecular formula is C17H15N3O3. The largest absolute Gasteiger partial charge is 0.486 e. The number of rotatable bonds is 5. The first-order chi connectivity index (χ1) is 11.2. The molecule has 0 aliphatic heterocycles. The van der Waals surface area contributed by atoms with Crippen molar-refractivity contribution in [3.05, 3.63) is 71.9 Å². The van der Waals surface area contributed by atoms with Crippen LogP contribution in [0.1, 0.15) is 21.6 Å². The number of carbonyl (C=O) groups is 1. The molecule has 6 nitrogen and oxygen atoms in total. The smallest absolute Gasteiger partial charge is 0.259 e. The number of hydrogen-bond donors (Lipinski definition) is 1. The van der Waals surface area contributed by atoms with Gasteiger partial charge in [-0.2, -0.15) is 0 Å². The van der Waals surface area contributed by atoms with Crippen LogP contribution in [-0.4, -0.2) is 16.0 Å². The summed E-state index contributed by atoms with van der Waals surface area (Å²) in [7, 11) is 0. The molecule has 0 unspecified atom stereocenters. The average Bonchev–Trinajstić information content (AvgIpc) is 3.08. The molecule has 2 heterocycles. The van der Waals surface area contributed by atoms with Crippen LogP contribution in [0.5, 0.6) is 5.75 Å². The fourth-order valence-corrected chi connectivity index (χ4v) is 2.04. The third kappa shape index (κ3) is 3.74. The molecule has 1 aromatic carbocycles. The van der Waals surface area contributed by atoms with Crippen LogP contribution >= 0.6 is 0 Å². The number of benzene rings is 1. The van der Waals surface area contributed by atoms with Gasteiger partial charge in [-0.25, -0.2) is 0 Å². The maximum atomic E-state index is 12.5. The topological polar surface area (TPSA) is 77.2 Å². The van der Waals surface area contributed by atoms with Crippen molar-refractivity contribution in [2.45, 2.75) is 13.5 Å². The molecule has 1 amide bonds. The minimum absolute atomic E-state index is 0.231. The van der Waals surface area contributed by atoms with Gasteiger partial charge in [0.1, 0.15) is 24.3 Å². The zero-order valence-corrected chi connectivity index (χ0v) is 12.5. The summed E-state index contributed by atoms with van der Waals surface area (Å²) in [5.74, 6) is 0.250. The van der Waals surface area contributed by atoms with E-state index >= 15 is 0 Å². The molecule has 0 atom stereocenters. The summed E-state index contributed by atoms with van der Waals surface area (Å²) >= 11 is 0. The third-order valence-corrected chi connectivity index (χ3v) is 3.18. The van der Waals surface area contributed by atoms with Crippen molar-refractivity contribution in [2.24, 2.45) is 0 Å². The number of aryl methyl sites for hydroxylation is 1. The Morgan fingerprint density at radius 1 is 1.22 bits per heavy atom. The molecule has 0 aliphatic rings. The predicted octanol–water partition coefficient (Wildman–Crippen LogP) is 3.21. The molecule has 2 aromatic heterocycles. The fourth-order valence-electron chi connectivity index (χ4n) is 2.04. The van der Waals surface area contributed by atoms with Crippen molar-refractivity contribution >= 4 is 11.6 Å². The van der Waals surface area contributed by atoms with E-state index in [-0.39, 0.29) is 12.5 Å². The van der Waals surface area contributed by atoms with Crippen molar-refractivity contribution in [2.75, 3.05) is 5.32 Å². The van der Waals surface area contributed by atoms with Crippen LogP contribution in [0.2, 0.25) is 0 Å². The number of pyridine rings is 1. The van der Waals surface area contributed by atoms with Gasteiger partial charge in [0.25, 0.3) is 5.91 Å². The normalized spacial score (nSPS) is 10.3. The highest BCUT2D eigenvalue weighted by molar-refractivity contribution is 6.06. The highest BCUT2D eigenvalue weighted by Crippen LogP contribution is 2.22. The van der Waals surface area contributed by atoms with E-state index in [0.717, 1.165) is 5.56 Å². The van der Waals surface area contributed by atoms with Crippen molar-refractivity contribution in [1.29, 1.82) is 0 Å². The lowest BCUT2D eigenvalue weighted by Crippen LogP contribution is -2.14. The summed E-state index contributed by atoms with van der Waals surface area (Å²) < 4.78 is 10.5. The molecule has 3 aromatic rings. The summed E-state index contributed by atoms with van der Waals surface area (Å²) in [6, 6.07) is 10.6. The van der Waals surface area contributed by atoms with E-state index in [0.29, 0.717) is 22.7 Å². The molecule has 3 rings (SSSR count). The van der Waals surface area contributed by atoms with Crippen LogP contribution in [0.4, 0.5) is 5.69 Å². The minimum Gasteiger partial charge on any atom is -0.486 e. The first kappa shape index (κ1) is 14.8. The lowest BCUT2D eigenvalue weighted by Gasteiger charge is -2.12. The molecule has 0 bridgehead atoms. The molecule has 1 N–H and O–H groups in total. The Balaban J connectivity index is 1.79. The number of amides is 1. The van der Waals surface area contributed by atoms with Gasteiger partial charge >= 0.3 is 0 Å². The van der Waals surface area contributed by atoms with E-state index in [4.69, 9.17) is 9.26 Å². The standard InChI is InChI=1S/C17H15N3O3/c1-12-2-3-16(22-11-14-6-9-23-20-14)15(10-12)17(21)19-13-4-7-18-8-5-13/h2-10H,11H2,1H3,(H,18,19,21). The van der Waals surface area contributed by atoms with E-state index in [9.17, 15) is 4.79 Å². The summed E-state index contributed by atoms with van der Waals surface area (Å²) in [4.78, 5) is 16.4. The van der Waals surface area contributed by atoms with Crippen molar-refractivity contribution in [1.82, 2.24) is 10.1 Å².